The lowest BCUT2D eigenvalue weighted by molar-refractivity contribution is -0.141. The average Bonchev–Trinajstić information content (AvgIpc) is 2.97. The molecule has 2 heterocycles. The maximum absolute atomic E-state index is 12.0. The number of likely N-dealkylation sites (tertiary alicyclic amines) is 1. The van der Waals surface area contributed by atoms with Crippen LogP contribution in [0.15, 0.2) is 12.3 Å². The van der Waals surface area contributed by atoms with Crippen molar-refractivity contribution in [2.45, 2.75) is 25.8 Å². The van der Waals surface area contributed by atoms with Gasteiger partial charge in [-0.15, -0.1) is 0 Å². The van der Waals surface area contributed by atoms with E-state index < -0.39 is 0 Å². The first-order valence-corrected chi connectivity index (χ1v) is 5.61. The van der Waals surface area contributed by atoms with E-state index in [0.29, 0.717) is 6.54 Å². The topological polar surface area (TPSA) is 66.1 Å². The van der Waals surface area contributed by atoms with E-state index in [2.05, 4.69) is 10.2 Å². The summed E-state index contributed by atoms with van der Waals surface area (Å²) in [6, 6.07) is 1.79. The Bertz CT molecular complexity index is 404. The molecule has 2 unspecified atom stereocenters. The molecule has 0 spiro atoms. The van der Waals surface area contributed by atoms with Crippen molar-refractivity contribution in [2.75, 3.05) is 0 Å². The molecule has 1 aromatic rings. The summed E-state index contributed by atoms with van der Waals surface area (Å²) in [5.41, 5.74) is 0.807. The highest BCUT2D eigenvalue weighted by atomic mass is 16.2. The van der Waals surface area contributed by atoms with Crippen LogP contribution in [0.3, 0.4) is 0 Å². The Morgan fingerprint density at radius 3 is 2.56 bits per heavy atom. The predicted octanol–water partition coefficient (Wildman–Crippen LogP) is 0.695. The summed E-state index contributed by atoms with van der Waals surface area (Å²) in [4.78, 5) is 25.4. The zero-order valence-electron chi connectivity index (χ0n) is 8.85. The molecule has 2 fully saturated rings. The van der Waals surface area contributed by atoms with Crippen LogP contribution in [-0.4, -0.2) is 26.9 Å². The smallest absolute Gasteiger partial charge is 0.233 e. The number of aromatic amines is 1. The van der Waals surface area contributed by atoms with Crippen LogP contribution in [-0.2, 0) is 16.1 Å². The van der Waals surface area contributed by atoms with Gasteiger partial charge in [0.05, 0.1) is 24.1 Å². The Labute approximate surface area is 92.8 Å². The normalized spacial score (nSPS) is 28.9. The Balaban J connectivity index is 1.81. The maximum Gasteiger partial charge on any atom is 0.233 e. The van der Waals surface area contributed by atoms with Crippen LogP contribution in [0.1, 0.15) is 25.0 Å². The van der Waals surface area contributed by atoms with Crippen LogP contribution in [0.4, 0.5) is 0 Å². The summed E-state index contributed by atoms with van der Waals surface area (Å²) in [5.74, 6) is -0.0879. The zero-order valence-corrected chi connectivity index (χ0v) is 8.85. The van der Waals surface area contributed by atoms with Crippen molar-refractivity contribution < 1.29 is 9.59 Å². The number of carbonyl (C=O) groups is 2. The largest absolute Gasteiger partial charge is 0.281 e. The van der Waals surface area contributed by atoms with Crippen molar-refractivity contribution >= 4 is 11.8 Å². The molecule has 2 amide bonds. The maximum atomic E-state index is 12.0. The molecule has 0 radical (unpaired) electrons. The van der Waals surface area contributed by atoms with Gasteiger partial charge in [-0.3, -0.25) is 19.6 Å². The lowest BCUT2D eigenvalue weighted by atomic mass is 10.00. The molecule has 2 aliphatic rings. The second kappa shape index (κ2) is 3.43. The SMILES string of the molecule is O=C1C2CCCC2C(=O)N1Cc1ccn[nH]1. The molecule has 1 aliphatic heterocycles. The first-order chi connectivity index (χ1) is 7.77. The molecule has 5 heteroatoms. The van der Waals surface area contributed by atoms with Crippen LogP contribution in [0.2, 0.25) is 0 Å². The summed E-state index contributed by atoms with van der Waals surface area (Å²) in [6.45, 7) is 0.338. The number of carbonyl (C=O) groups excluding carboxylic acids is 2. The van der Waals surface area contributed by atoms with Gasteiger partial charge in [0.1, 0.15) is 0 Å². The Morgan fingerprint density at radius 1 is 1.31 bits per heavy atom. The van der Waals surface area contributed by atoms with Gasteiger partial charge in [-0.2, -0.15) is 5.10 Å². The van der Waals surface area contributed by atoms with Crippen molar-refractivity contribution in [3.05, 3.63) is 18.0 Å². The van der Waals surface area contributed by atoms with Crippen molar-refractivity contribution in [3.63, 3.8) is 0 Å². The summed E-state index contributed by atoms with van der Waals surface area (Å²) >= 11 is 0. The number of nitrogens with zero attached hydrogens (tertiary/aromatic N) is 2. The fraction of sp³-hybridized carbons (Fsp3) is 0.545. The Morgan fingerprint density at radius 2 is 2.00 bits per heavy atom. The van der Waals surface area contributed by atoms with E-state index in [4.69, 9.17) is 0 Å². The number of hydrogen-bond acceptors (Lipinski definition) is 3. The number of aromatic nitrogens is 2. The number of nitrogens with one attached hydrogen (secondary N) is 1. The molecule has 1 aliphatic carbocycles. The van der Waals surface area contributed by atoms with Crippen LogP contribution in [0.5, 0.6) is 0 Å². The van der Waals surface area contributed by atoms with Gasteiger partial charge in [0, 0.05) is 6.20 Å². The van der Waals surface area contributed by atoms with Gasteiger partial charge in [-0.25, -0.2) is 0 Å². The van der Waals surface area contributed by atoms with Crippen LogP contribution in [0.25, 0.3) is 0 Å². The molecular formula is C11H13N3O2. The van der Waals surface area contributed by atoms with Crippen LogP contribution in [0, 0.1) is 11.8 Å². The fourth-order valence-corrected chi connectivity index (χ4v) is 2.76. The van der Waals surface area contributed by atoms with E-state index in [1.54, 1.807) is 12.3 Å². The van der Waals surface area contributed by atoms with Gasteiger partial charge < -0.3 is 0 Å². The summed E-state index contributed by atoms with van der Waals surface area (Å²) in [6.07, 6.45) is 4.37. The number of rotatable bonds is 2. The number of amides is 2. The minimum Gasteiger partial charge on any atom is -0.281 e. The fourth-order valence-electron chi connectivity index (χ4n) is 2.76. The molecule has 0 bridgehead atoms. The van der Waals surface area contributed by atoms with Gasteiger partial charge in [0.2, 0.25) is 11.8 Å². The first kappa shape index (κ1) is 9.57. The molecule has 1 aromatic heterocycles. The predicted molar refractivity (Wildman–Crippen MR) is 55.0 cm³/mol. The van der Waals surface area contributed by atoms with E-state index in [-0.39, 0.29) is 23.7 Å². The van der Waals surface area contributed by atoms with E-state index >= 15 is 0 Å². The van der Waals surface area contributed by atoms with E-state index in [0.717, 1.165) is 25.0 Å². The highest BCUT2D eigenvalue weighted by molar-refractivity contribution is 6.05. The molecule has 84 valence electrons. The summed E-state index contributed by atoms with van der Waals surface area (Å²) < 4.78 is 0. The lowest BCUT2D eigenvalue weighted by Gasteiger charge is -2.14. The molecule has 1 saturated heterocycles. The number of fused-ring (bicyclic) bond motifs is 1. The second-order valence-electron chi connectivity index (χ2n) is 4.49. The van der Waals surface area contributed by atoms with Gasteiger partial charge in [-0.1, -0.05) is 6.42 Å². The summed E-state index contributed by atoms with van der Waals surface area (Å²) in [5, 5.41) is 6.59. The standard InChI is InChI=1S/C11H13N3O2/c15-10-8-2-1-3-9(8)11(16)14(10)6-7-4-5-12-13-7/h4-5,8-9H,1-3,6H2,(H,12,13). The van der Waals surface area contributed by atoms with E-state index in [9.17, 15) is 9.59 Å². The molecule has 1 N–H and O–H groups in total. The van der Waals surface area contributed by atoms with Crippen LogP contribution >= 0.6 is 0 Å². The van der Waals surface area contributed by atoms with Gasteiger partial charge in [-0.05, 0) is 18.9 Å². The molecule has 16 heavy (non-hydrogen) atoms. The van der Waals surface area contributed by atoms with E-state index in [1.807, 2.05) is 0 Å². The minimum absolute atomic E-state index is 0.00194. The quantitative estimate of drug-likeness (QED) is 0.744. The third-order valence-electron chi connectivity index (χ3n) is 3.57. The zero-order chi connectivity index (χ0) is 11.1. The Kier molecular flexibility index (Phi) is 2.05. The van der Waals surface area contributed by atoms with E-state index in [1.165, 1.54) is 4.90 Å². The Hall–Kier alpha value is -1.65. The number of hydrogen-bond donors (Lipinski definition) is 1. The lowest BCUT2D eigenvalue weighted by Crippen LogP contribution is -2.31. The second-order valence-corrected chi connectivity index (χ2v) is 4.49. The van der Waals surface area contributed by atoms with Gasteiger partial charge in [0.25, 0.3) is 0 Å². The minimum atomic E-state index is -0.0459. The first-order valence-electron chi connectivity index (χ1n) is 5.61. The molecule has 1 saturated carbocycles. The summed E-state index contributed by atoms with van der Waals surface area (Å²) in [7, 11) is 0. The van der Waals surface area contributed by atoms with Crippen LogP contribution < -0.4 is 0 Å². The third-order valence-corrected chi connectivity index (χ3v) is 3.57. The van der Waals surface area contributed by atoms with Crippen molar-refractivity contribution in [1.29, 1.82) is 0 Å². The molecular weight excluding hydrogens is 206 g/mol. The molecule has 0 aromatic carbocycles. The molecule has 5 nitrogen and oxygen atoms in total. The highest BCUT2D eigenvalue weighted by Gasteiger charge is 2.49. The molecule has 3 rings (SSSR count). The number of imide groups is 1. The average molecular weight is 219 g/mol. The number of H-pyrrole nitrogens is 1. The van der Waals surface area contributed by atoms with Gasteiger partial charge in [0.15, 0.2) is 0 Å². The van der Waals surface area contributed by atoms with Crippen molar-refractivity contribution in [1.82, 2.24) is 15.1 Å². The monoisotopic (exact) mass is 219 g/mol. The molecule has 2 atom stereocenters. The third kappa shape index (κ3) is 1.27. The highest BCUT2D eigenvalue weighted by Crippen LogP contribution is 2.40. The van der Waals surface area contributed by atoms with Crippen molar-refractivity contribution in [2.24, 2.45) is 11.8 Å². The van der Waals surface area contributed by atoms with Gasteiger partial charge >= 0.3 is 0 Å². The van der Waals surface area contributed by atoms with Crippen molar-refractivity contribution in [3.8, 4) is 0 Å².